The molecule has 0 spiro atoms. The van der Waals surface area contributed by atoms with Gasteiger partial charge in [-0.25, -0.2) is 0 Å². The Labute approximate surface area is 118 Å². The highest BCUT2D eigenvalue weighted by atomic mass is 32.3. The quantitative estimate of drug-likeness (QED) is 0.862. The zero-order valence-corrected chi connectivity index (χ0v) is 13.3. The van der Waals surface area contributed by atoms with Crippen molar-refractivity contribution in [3.05, 3.63) is 29.8 Å². The molecule has 0 aromatic heterocycles. The molecule has 1 rings (SSSR count). The van der Waals surface area contributed by atoms with Gasteiger partial charge >= 0.3 is 0 Å². The maximum absolute atomic E-state index is 9.55. The lowest BCUT2D eigenvalue weighted by atomic mass is 10.1. The second kappa shape index (κ2) is 6.16. The normalized spacial score (nSPS) is 15.6. The van der Waals surface area contributed by atoms with Crippen LogP contribution in [0.4, 0.5) is 0 Å². The molecule has 0 saturated heterocycles. The van der Waals surface area contributed by atoms with E-state index in [1.807, 2.05) is 19.4 Å². The minimum absolute atomic E-state index is 0.468. The molecule has 108 valence electrons. The second-order valence-electron chi connectivity index (χ2n) is 4.73. The smallest absolute Gasteiger partial charge is 0.181 e. The van der Waals surface area contributed by atoms with Crippen LogP contribution in [0.2, 0.25) is 0 Å². The number of rotatable bonds is 5. The molecule has 1 aromatic rings. The fourth-order valence-corrected chi connectivity index (χ4v) is 2.84. The van der Waals surface area contributed by atoms with Crippen LogP contribution in [0.15, 0.2) is 29.2 Å². The predicted molar refractivity (Wildman–Crippen MR) is 82.9 cm³/mol. The van der Waals surface area contributed by atoms with Crippen molar-refractivity contribution in [3.63, 3.8) is 0 Å². The summed E-state index contributed by atoms with van der Waals surface area (Å²) in [6.07, 6.45) is 4.81. The first kappa shape index (κ1) is 16.3. The Morgan fingerprint density at radius 1 is 1.21 bits per heavy atom. The summed E-state index contributed by atoms with van der Waals surface area (Å²) < 4.78 is 24.9. The molecule has 0 amide bonds. The van der Waals surface area contributed by atoms with Crippen LogP contribution in [-0.2, 0) is 4.18 Å². The van der Waals surface area contributed by atoms with Crippen LogP contribution in [0.3, 0.4) is 0 Å². The van der Waals surface area contributed by atoms with Gasteiger partial charge in [0.15, 0.2) is 6.10 Å². The molecule has 4 nitrogen and oxygen atoms in total. The highest BCUT2D eigenvalue weighted by Gasteiger charge is 2.20. The molecule has 19 heavy (non-hydrogen) atoms. The first-order valence-corrected chi connectivity index (χ1v) is 10.3. The van der Waals surface area contributed by atoms with Gasteiger partial charge in [-0.2, -0.15) is 15.9 Å². The van der Waals surface area contributed by atoms with Gasteiger partial charge in [-0.1, -0.05) is 19.1 Å². The van der Waals surface area contributed by atoms with E-state index in [4.69, 9.17) is 4.18 Å². The molecular weight excluding hydrogens is 282 g/mol. The van der Waals surface area contributed by atoms with Gasteiger partial charge in [0.2, 0.25) is 0 Å². The molecule has 1 atom stereocenters. The fourth-order valence-electron chi connectivity index (χ4n) is 1.38. The van der Waals surface area contributed by atoms with Gasteiger partial charge in [-0.3, -0.25) is 9.11 Å². The lowest BCUT2D eigenvalue weighted by Crippen LogP contribution is -2.09. The monoisotopic (exact) mass is 303 g/mol. The zero-order valence-electron chi connectivity index (χ0n) is 11.7. The van der Waals surface area contributed by atoms with E-state index in [0.29, 0.717) is 4.90 Å². The Morgan fingerprint density at radius 3 is 2.11 bits per heavy atom. The van der Waals surface area contributed by atoms with Crippen LogP contribution >= 0.6 is 20.9 Å². The Hall–Kier alpha value is -0.710. The van der Waals surface area contributed by atoms with Crippen molar-refractivity contribution in [2.75, 3.05) is 24.5 Å². The Morgan fingerprint density at radius 2 is 1.74 bits per heavy atom. The van der Waals surface area contributed by atoms with Crippen LogP contribution in [0.1, 0.15) is 18.6 Å². The van der Waals surface area contributed by atoms with Crippen molar-refractivity contribution in [1.29, 1.82) is 5.26 Å². The maximum Gasteiger partial charge on any atom is 0.181 e. The first-order chi connectivity index (χ1) is 8.69. The molecule has 0 aliphatic rings. The van der Waals surface area contributed by atoms with Crippen molar-refractivity contribution in [2.45, 2.75) is 17.9 Å². The summed E-state index contributed by atoms with van der Waals surface area (Å²) in [5.74, 6) is 0.888. The average Bonchev–Trinajstić information content (AvgIpc) is 2.35. The van der Waals surface area contributed by atoms with E-state index in [1.54, 1.807) is 24.3 Å². The summed E-state index contributed by atoms with van der Waals surface area (Å²) in [5, 5.41) is 9.21. The molecule has 0 aliphatic carbocycles. The summed E-state index contributed by atoms with van der Waals surface area (Å²) in [5.41, 5.74) is 0.740. The van der Waals surface area contributed by atoms with Crippen molar-refractivity contribution in [1.82, 2.24) is 0 Å². The number of hydrogen-bond donors (Lipinski definition) is 2. The molecule has 1 aromatic carbocycles. The Balaban J connectivity index is 2.93. The van der Waals surface area contributed by atoms with Gasteiger partial charge < -0.3 is 4.18 Å². The largest absolute Gasteiger partial charge is 0.314 e. The number of benzene rings is 1. The minimum Gasteiger partial charge on any atom is -0.314 e. The van der Waals surface area contributed by atoms with Gasteiger partial charge in [0.1, 0.15) is 6.07 Å². The third kappa shape index (κ3) is 4.71. The standard InChI is InChI=1S/C13H21NO3S2/c1-5-18(2,3)17-13(10-14)11-6-8-12(9-7-11)19(4,15)16/h6-9,13,15-16H,5H2,1-4H3. The summed E-state index contributed by atoms with van der Waals surface area (Å²) >= 11 is 0. The first-order valence-electron chi connectivity index (χ1n) is 5.81. The van der Waals surface area contributed by atoms with Gasteiger partial charge in [-0.15, -0.1) is 10.3 Å². The van der Waals surface area contributed by atoms with Crippen molar-refractivity contribution in [3.8, 4) is 6.07 Å². The van der Waals surface area contributed by atoms with E-state index in [0.717, 1.165) is 11.3 Å². The molecular formula is C13H21NO3S2. The van der Waals surface area contributed by atoms with E-state index in [1.165, 1.54) is 6.26 Å². The highest BCUT2D eigenvalue weighted by Crippen LogP contribution is 2.47. The van der Waals surface area contributed by atoms with Gasteiger partial charge in [-0.05, 0) is 36.0 Å². The van der Waals surface area contributed by atoms with E-state index >= 15 is 0 Å². The third-order valence-electron chi connectivity index (χ3n) is 2.80. The lowest BCUT2D eigenvalue weighted by Gasteiger charge is -2.32. The number of nitriles is 1. The molecule has 0 fully saturated rings. The predicted octanol–water partition coefficient (Wildman–Crippen LogP) is 4.01. The summed E-state index contributed by atoms with van der Waals surface area (Å²) in [7, 11) is -3.94. The topological polar surface area (TPSA) is 73.5 Å². The molecule has 0 bridgehead atoms. The summed E-state index contributed by atoms with van der Waals surface area (Å²) in [4.78, 5) is 0.468. The molecule has 0 radical (unpaired) electrons. The molecule has 1 unspecified atom stereocenters. The minimum atomic E-state index is -2.71. The summed E-state index contributed by atoms with van der Waals surface area (Å²) in [6.45, 7) is 2.04. The van der Waals surface area contributed by atoms with Crippen LogP contribution in [-0.4, -0.2) is 33.6 Å². The fraction of sp³-hybridized carbons (Fsp3) is 0.462. The SMILES string of the molecule is CCS(C)(C)OC(C#N)c1ccc(S(C)(O)O)cc1. The molecule has 0 aliphatic heterocycles. The number of hydrogen-bond acceptors (Lipinski definition) is 4. The van der Waals surface area contributed by atoms with E-state index in [2.05, 4.69) is 6.07 Å². The lowest BCUT2D eigenvalue weighted by molar-refractivity contribution is 0.300. The van der Waals surface area contributed by atoms with Crippen molar-refractivity contribution in [2.24, 2.45) is 0 Å². The van der Waals surface area contributed by atoms with Crippen molar-refractivity contribution < 1.29 is 13.3 Å². The highest BCUT2D eigenvalue weighted by molar-refractivity contribution is 8.28. The van der Waals surface area contributed by atoms with Crippen molar-refractivity contribution >= 4 is 20.9 Å². The van der Waals surface area contributed by atoms with Gasteiger partial charge in [0.05, 0.1) is 4.90 Å². The van der Waals surface area contributed by atoms with Gasteiger partial charge in [0.25, 0.3) is 0 Å². The number of nitrogens with zero attached hydrogens (tertiary/aromatic N) is 1. The van der Waals surface area contributed by atoms with Crippen LogP contribution in [0.25, 0.3) is 0 Å². The second-order valence-corrected chi connectivity index (χ2v) is 10.5. The molecule has 2 N–H and O–H groups in total. The van der Waals surface area contributed by atoms with Crippen LogP contribution in [0.5, 0.6) is 0 Å². The Kier molecular flexibility index (Phi) is 5.30. The van der Waals surface area contributed by atoms with Crippen LogP contribution in [0, 0.1) is 11.3 Å². The molecule has 0 saturated carbocycles. The van der Waals surface area contributed by atoms with E-state index in [9.17, 15) is 14.4 Å². The van der Waals surface area contributed by atoms with Gasteiger partial charge in [0, 0.05) is 6.26 Å². The zero-order chi connectivity index (χ0) is 14.7. The molecule has 6 heteroatoms. The molecule has 0 heterocycles. The maximum atomic E-state index is 9.55. The van der Waals surface area contributed by atoms with Crippen LogP contribution < -0.4 is 0 Å². The Bertz CT molecular complexity index is 460. The third-order valence-corrected chi connectivity index (χ3v) is 6.07. The van der Waals surface area contributed by atoms with E-state index < -0.39 is 27.0 Å². The van der Waals surface area contributed by atoms with E-state index in [-0.39, 0.29) is 0 Å². The summed E-state index contributed by atoms with van der Waals surface area (Å²) in [6, 6.07) is 8.84. The average molecular weight is 303 g/mol.